The molecule has 0 radical (unpaired) electrons. The zero-order valence-corrected chi connectivity index (χ0v) is 39.3. The fraction of sp³-hybridized carbons (Fsp3) is 0.939. The number of rotatable bonds is 44. The van der Waals surface area contributed by atoms with E-state index in [1.54, 1.807) is 0 Å². The number of ether oxygens (including phenoxy) is 4. The summed E-state index contributed by atoms with van der Waals surface area (Å²) >= 11 is 0. The highest BCUT2D eigenvalue weighted by Crippen LogP contribution is 2.21. The van der Waals surface area contributed by atoms with Crippen LogP contribution in [0.25, 0.3) is 0 Å². The smallest absolute Gasteiger partial charge is 0.466 e. The molecule has 0 amide bonds. The predicted octanol–water partition coefficient (Wildman–Crippen LogP) is 13.2. The van der Waals surface area contributed by atoms with Crippen molar-refractivity contribution in [1.82, 2.24) is 9.80 Å². The van der Waals surface area contributed by atoms with Crippen molar-refractivity contribution in [2.24, 2.45) is 5.92 Å². The first kappa shape index (κ1) is 56.1. The second-order valence-corrected chi connectivity index (χ2v) is 16.8. The van der Waals surface area contributed by atoms with Crippen molar-refractivity contribution in [2.75, 3.05) is 59.1 Å². The molecule has 0 aliphatic heterocycles. The molecule has 0 aliphatic carbocycles. The molecule has 0 spiro atoms. The Hall–Kier alpha value is -1.87. The Kier molecular flexibility index (Phi) is 41.8. The molecule has 9 nitrogen and oxygen atoms in total. The number of unbranched alkanes of at least 4 members (excludes halogenated alkanes) is 16. The molecule has 0 aromatic heterocycles. The van der Waals surface area contributed by atoms with Crippen LogP contribution in [0, 0.1) is 5.92 Å². The second-order valence-electron chi connectivity index (χ2n) is 16.8. The summed E-state index contributed by atoms with van der Waals surface area (Å²) in [6.07, 6.45) is 29.6. The Morgan fingerprint density at radius 1 is 0.414 bits per heavy atom. The summed E-state index contributed by atoms with van der Waals surface area (Å²) in [6.45, 7) is 20.3. The molecule has 0 N–H and O–H groups in total. The van der Waals surface area contributed by atoms with Crippen LogP contribution < -0.4 is 0 Å². The first-order valence-electron chi connectivity index (χ1n) is 24.9. The van der Waals surface area contributed by atoms with E-state index in [0.717, 1.165) is 142 Å². The van der Waals surface area contributed by atoms with Crippen molar-refractivity contribution in [3.8, 4) is 0 Å². The minimum absolute atomic E-state index is 0.000256. The van der Waals surface area contributed by atoms with Gasteiger partial charge >= 0.3 is 18.1 Å². The Labute approximate surface area is 359 Å². The van der Waals surface area contributed by atoms with E-state index in [1.165, 1.54) is 77.0 Å². The van der Waals surface area contributed by atoms with Crippen molar-refractivity contribution < 1.29 is 33.3 Å². The molecule has 0 heterocycles. The zero-order valence-electron chi connectivity index (χ0n) is 39.3. The molecule has 0 fully saturated rings. The maximum Gasteiger partial charge on any atom is 0.508 e. The highest BCUT2D eigenvalue weighted by Gasteiger charge is 2.20. The molecule has 58 heavy (non-hydrogen) atoms. The summed E-state index contributed by atoms with van der Waals surface area (Å²) < 4.78 is 22.8. The highest BCUT2D eigenvalue weighted by molar-refractivity contribution is 5.72. The maximum atomic E-state index is 13.2. The van der Waals surface area contributed by atoms with E-state index in [4.69, 9.17) is 18.9 Å². The average Bonchev–Trinajstić information content (AvgIpc) is 3.22. The van der Waals surface area contributed by atoms with Gasteiger partial charge in [0.2, 0.25) is 0 Å². The van der Waals surface area contributed by atoms with Gasteiger partial charge in [0.1, 0.15) is 6.10 Å². The molecular formula is C49H96N2O7. The molecule has 0 bridgehead atoms. The second kappa shape index (κ2) is 43.2. The third-order valence-corrected chi connectivity index (χ3v) is 11.5. The molecular weight excluding hydrogens is 729 g/mol. The van der Waals surface area contributed by atoms with Gasteiger partial charge in [0.15, 0.2) is 0 Å². The average molecular weight is 825 g/mol. The Balaban J connectivity index is 4.90. The molecule has 9 heteroatoms. The van der Waals surface area contributed by atoms with Gasteiger partial charge in [-0.3, -0.25) is 9.59 Å². The molecule has 0 aromatic carbocycles. The van der Waals surface area contributed by atoms with Crippen LogP contribution in [0.2, 0.25) is 0 Å². The maximum absolute atomic E-state index is 13.2. The van der Waals surface area contributed by atoms with Gasteiger partial charge in [-0.25, -0.2) is 4.79 Å². The zero-order chi connectivity index (χ0) is 42.7. The van der Waals surface area contributed by atoms with Gasteiger partial charge in [-0.15, -0.1) is 0 Å². The van der Waals surface area contributed by atoms with E-state index >= 15 is 0 Å². The number of carbonyl (C=O) groups excluding carboxylic acids is 3. The van der Waals surface area contributed by atoms with Gasteiger partial charge < -0.3 is 28.7 Å². The minimum Gasteiger partial charge on any atom is -0.466 e. The molecule has 2 atom stereocenters. The standard InChI is InChI=1S/C49H96N2O7/c1-7-13-17-21-22-25-34-45(33-24-19-15-9-3)48(53)56-43-31-40-51(39-30-38-50(11-5)12-6)41-32-44-57-49(54)58-46(35-26-20-16-10-4)36-27-28-37-47(52)55-42-29-23-18-14-8-2/h45-46H,7-44H2,1-6H3. The van der Waals surface area contributed by atoms with Gasteiger partial charge in [0, 0.05) is 19.5 Å². The van der Waals surface area contributed by atoms with Crippen molar-refractivity contribution in [3.63, 3.8) is 0 Å². The lowest BCUT2D eigenvalue weighted by molar-refractivity contribution is -0.149. The molecule has 0 aliphatic rings. The van der Waals surface area contributed by atoms with E-state index in [9.17, 15) is 14.4 Å². The van der Waals surface area contributed by atoms with Crippen LogP contribution in [-0.2, 0) is 28.5 Å². The van der Waals surface area contributed by atoms with Crippen molar-refractivity contribution in [1.29, 1.82) is 0 Å². The number of hydrogen-bond acceptors (Lipinski definition) is 9. The van der Waals surface area contributed by atoms with Gasteiger partial charge in [0.05, 0.1) is 25.7 Å². The first-order chi connectivity index (χ1) is 28.3. The molecule has 0 rings (SSSR count). The van der Waals surface area contributed by atoms with E-state index in [-0.39, 0.29) is 24.0 Å². The molecule has 0 saturated heterocycles. The van der Waals surface area contributed by atoms with Crippen LogP contribution in [0.5, 0.6) is 0 Å². The van der Waals surface area contributed by atoms with Crippen molar-refractivity contribution >= 4 is 18.1 Å². The summed E-state index contributed by atoms with van der Waals surface area (Å²) in [5.41, 5.74) is 0. The topological polar surface area (TPSA) is 94.6 Å². The van der Waals surface area contributed by atoms with Gasteiger partial charge in [-0.2, -0.15) is 0 Å². The van der Waals surface area contributed by atoms with Crippen molar-refractivity contribution in [2.45, 2.75) is 234 Å². The number of esters is 2. The van der Waals surface area contributed by atoms with Crippen molar-refractivity contribution in [3.05, 3.63) is 0 Å². The van der Waals surface area contributed by atoms with Gasteiger partial charge in [0.25, 0.3) is 0 Å². The van der Waals surface area contributed by atoms with Crippen LogP contribution in [0.1, 0.15) is 228 Å². The third-order valence-electron chi connectivity index (χ3n) is 11.5. The summed E-state index contributed by atoms with van der Waals surface area (Å²) in [4.78, 5) is 43.1. The quantitative estimate of drug-likeness (QED) is 0.0338. The lowest BCUT2D eigenvalue weighted by atomic mass is 9.94. The Morgan fingerprint density at radius 2 is 0.845 bits per heavy atom. The van der Waals surface area contributed by atoms with E-state index in [2.05, 4.69) is 51.3 Å². The number of hydrogen-bond donors (Lipinski definition) is 0. The summed E-state index contributed by atoms with van der Waals surface area (Å²) in [6, 6.07) is 0. The number of carbonyl (C=O) groups is 3. The largest absolute Gasteiger partial charge is 0.508 e. The lowest BCUT2D eigenvalue weighted by Crippen LogP contribution is -2.32. The highest BCUT2D eigenvalue weighted by atomic mass is 16.7. The molecule has 2 unspecified atom stereocenters. The van der Waals surface area contributed by atoms with Crippen LogP contribution >= 0.6 is 0 Å². The predicted molar refractivity (Wildman–Crippen MR) is 242 cm³/mol. The van der Waals surface area contributed by atoms with E-state index < -0.39 is 6.16 Å². The summed E-state index contributed by atoms with van der Waals surface area (Å²) in [7, 11) is 0. The fourth-order valence-corrected chi connectivity index (χ4v) is 7.62. The summed E-state index contributed by atoms with van der Waals surface area (Å²) in [5, 5.41) is 0. The molecule has 0 saturated carbocycles. The minimum atomic E-state index is -0.590. The van der Waals surface area contributed by atoms with Crippen LogP contribution in [0.15, 0.2) is 0 Å². The third kappa shape index (κ3) is 36.0. The monoisotopic (exact) mass is 825 g/mol. The lowest BCUT2D eigenvalue weighted by Gasteiger charge is -2.25. The first-order valence-corrected chi connectivity index (χ1v) is 24.9. The Morgan fingerprint density at radius 3 is 1.41 bits per heavy atom. The fourth-order valence-electron chi connectivity index (χ4n) is 7.62. The van der Waals surface area contributed by atoms with Gasteiger partial charge in [-0.05, 0) is 96.8 Å². The normalized spacial score (nSPS) is 12.6. The van der Waals surface area contributed by atoms with E-state index in [1.807, 2.05) is 0 Å². The molecule has 0 aromatic rings. The van der Waals surface area contributed by atoms with Crippen LogP contribution in [0.3, 0.4) is 0 Å². The summed E-state index contributed by atoms with van der Waals surface area (Å²) in [5.74, 6) is -0.0988. The van der Waals surface area contributed by atoms with Crippen LogP contribution in [-0.4, -0.2) is 93.1 Å². The SMILES string of the molecule is CCCCCCCCC(CCCCCC)C(=O)OCCCN(CCCOC(=O)OC(CCCCCC)CCCCC(=O)OCCCCCCC)CCCN(CC)CC. The number of nitrogens with zero attached hydrogens (tertiary/aromatic N) is 2. The van der Waals surface area contributed by atoms with Crippen LogP contribution in [0.4, 0.5) is 4.79 Å². The Bertz CT molecular complexity index is 915. The van der Waals surface area contributed by atoms with Gasteiger partial charge in [-0.1, -0.05) is 151 Å². The molecule has 344 valence electrons. The van der Waals surface area contributed by atoms with E-state index in [0.29, 0.717) is 26.2 Å².